The number of hydrogen-bond donors (Lipinski definition) is 3. The quantitative estimate of drug-likeness (QED) is 0.366. The largest absolute Gasteiger partial charge is 0.493 e. The molecule has 4 rings (SSSR count). The number of thioether (sulfide) groups is 1. The minimum absolute atomic E-state index is 0.0831. The second-order valence-electron chi connectivity index (χ2n) is 10.2. The summed E-state index contributed by atoms with van der Waals surface area (Å²) in [5, 5.41) is 15.8. The van der Waals surface area contributed by atoms with E-state index in [0.717, 1.165) is 30.6 Å². The minimum Gasteiger partial charge on any atom is -0.493 e. The zero-order chi connectivity index (χ0) is 27.3. The van der Waals surface area contributed by atoms with Crippen LogP contribution < -0.4 is 20.3 Å². The predicted octanol–water partition coefficient (Wildman–Crippen LogP) is 5.50. The molecule has 2 aliphatic heterocycles. The highest BCUT2D eigenvalue weighted by atomic mass is 32.2. The summed E-state index contributed by atoms with van der Waals surface area (Å²) in [6.45, 7) is 9.82. The molecule has 2 aromatic rings. The fourth-order valence-corrected chi connectivity index (χ4v) is 5.58. The van der Waals surface area contributed by atoms with Crippen molar-refractivity contribution in [3.05, 3.63) is 59.2 Å². The molecule has 0 saturated carbocycles. The summed E-state index contributed by atoms with van der Waals surface area (Å²) in [6, 6.07) is 13.2. The van der Waals surface area contributed by atoms with Crippen LogP contribution in [0.5, 0.6) is 5.75 Å². The molecule has 3 N–H and O–H groups in total. The van der Waals surface area contributed by atoms with Crippen LogP contribution in [0.15, 0.2) is 42.5 Å². The Labute approximate surface area is 231 Å². The molecule has 2 heterocycles. The Morgan fingerprint density at radius 1 is 1.13 bits per heavy atom. The fourth-order valence-electron chi connectivity index (χ4n) is 4.86. The number of carbonyl (C=O) groups is 2. The minimum atomic E-state index is -1.04. The number of ether oxygens (including phenoxy) is 1. The molecule has 0 aliphatic carbocycles. The van der Waals surface area contributed by atoms with Gasteiger partial charge in [-0.2, -0.15) is 0 Å². The first-order valence-electron chi connectivity index (χ1n) is 13.8. The van der Waals surface area contributed by atoms with Crippen LogP contribution in [0.4, 0.5) is 5.69 Å². The maximum Gasteiger partial charge on any atom is 0.339 e. The third-order valence-corrected chi connectivity index (χ3v) is 7.52. The highest BCUT2D eigenvalue weighted by Gasteiger charge is 2.23. The van der Waals surface area contributed by atoms with Gasteiger partial charge in [0.15, 0.2) is 0 Å². The van der Waals surface area contributed by atoms with Crippen LogP contribution in [0.1, 0.15) is 74.0 Å². The molecular weight excluding hydrogens is 498 g/mol. The summed E-state index contributed by atoms with van der Waals surface area (Å²) in [7, 11) is 0. The van der Waals surface area contributed by atoms with Gasteiger partial charge in [-0.25, -0.2) is 4.79 Å². The van der Waals surface area contributed by atoms with Gasteiger partial charge in [-0.1, -0.05) is 38.1 Å². The van der Waals surface area contributed by atoms with E-state index in [1.54, 1.807) is 19.1 Å². The summed E-state index contributed by atoms with van der Waals surface area (Å²) in [6.07, 6.45) is 4.68. The molecular formula is C30H43N3O4S. The van der Waals surface area contributed by atoms with Gasteiger partial charge in [-0.05, 0) is 67.9 Å². The normalized spacial score (nSPS) is 15.9. The molecule has 8 heteroatoms. The van der Waals surface area contributed by atoms with E-state index in [0.29, 0.717) is 18.3 Å². The van der Waals surface area contributed by atoms with Gasteiger partial charge in [0.05, 0.1) is 19.1 Å². The summed E-state index contributed by atoms with van der Waals surface area (Å²) in [5.41, 5.74) is 3.22. The Kier molecular flexibility index (Phi) is 12.3. The Balaban J connectivity index is 0.000000715. The number of carboxylic acid groups (broad SMARTS) is 1. The number of carboxylic acids is 1. The number of carbonyl (C=O) groups excluding carboxylic acids is 1. The molecule has 38 heavy (non-hydrogen) atoms. The highest BCUT2D eigenvalue weighted by Crippen LogP contribution is 2.32. The van der Waals surface area contributed by atoms with E-state index >= 15 is 0 Å². The smallest absolute Gasteiger partial charge is 0.339 e. The Bertz CT molecular complexity index is 1030. The lowest BCUT2D eigenvalue weighted by Crippen LogP contribution is -2.34. The molecule has 2 saturated heterocycles. The molecule has 1 amide bonds. The molecule has 2 aliphatic rings. The van der Waals surface area contributed by atoms with Crippen molar-refractivity contribution in [1.29, 1.82) is 0 Å². The number of anilines is 1. The average Bonchev–Trinajstić information content (AvgIpc) is 3.49. The van der Waals surface area contributed by atoms with Crippen LogP contribution in [-0.2, 0) is 11.2 Å². The van der Waals surface area contributed by atoms with Crippen molar-refractivity contribution >= 4 is 29.3 Å². The number of nitrogens with zero attached hydrogens (tertiary/aromatic N) is 1. The van der Waals surface area contributed by atoms with Gasteiger partial charge in [0.2, 0.25) is 5.91 Å². The number of aromatic carboxylic acids is 1. The zero-order valence-corrected chi connectivity index (χ0v) is 23.8. The average molecular weight is 542 g/mol. The number of nitrogens with one attached hydrogen (secondary N) is 2. The van der Waals surface area contributed by atoms with E-state index in [1.165, 1.54) is 49.2 Å². The predicted molar refractivity (Wildman–Crippen MR) is 156 cm³/mol. The van der Waals surface area contributed by atoms with E-state index in [4.69, 9.17) is 4.74 Å². The number of benzene rings is 2. The molecule has 0 aromatic heterocycles. The van der Waals surface area contributed by atoms with Crippen molar-refractivity contribution < 1.29 is 19.4 Å². The molecule has 1 atom stereocenters. The van der Waals surface area contributed by atoms with Gasteiger partial charge >= 0.3 is 5.97 Å². The van der Waals surface area contributed by atoms with Gasteiger partial charge < -0.3 is 25.4 Å². The molecule has 7 nitrogen and oxygen atoms in total. The van der Waals surface area contributed by atoms with E-state index < -0.39 is 5.97 Å². The van der Waals surface area contributed by atoms with Crippen molar-refractivity contribution in [1.82, 2.24) is 10.6 Å². The first-order valence-corrected chi connectivity index (χ1v) is 14.9. The standard InChI is InChI=1S/C27H36N2O4.C3H7NS/c1-4-33-25-17-20(12-13-22(25)27(31)32)18-26(30)28-23(16-19(2)3)21-10-6-7-11-24(21)29-14-8-5-9-15-29;1-2-5-3-4-1/h6-7,10-13,17,19,23H,4-5,8-9,14-16,18H2,1-3H3,(H,28,30)(H,31,32);4H,1-3H2. The lowest BCUT2D eigenvalue weighted by molar-refractivity contribution is -0.121. The first-order chi connectivity index (χ1) is 18.4. The molecule has 0 spiro atoms. The van der Waals surface area contributed by atoms with Crippen LogP contribution in [0.2, 0.25) is 0 Å². The zero-order valence-electron chi connectivity index (χ0n) is 23.0. The first kappa shape index (κ1) is 29.8. The fraction of sp³-hybridized carbons (Fsp3) is 0.533. The van der Waals surface area contributed by atoms with Crippen LogP contribution in [0.25, 0.3) is 0 Å². The Hall–Kier alpha value is -2.71. The monoisotopic (exact) mass is 541 g/mol. The number of amides is 1. The topological polar surface area (TPSA) is 90.9 Å². The van der Waals surface area contributed by atoms with Gasteiger partial charge in [-0.3, -0.25) is 4.79 Å². The van der Waals surface area contributed by atoms with Crippen LogP contribution in [0, 0.1) is 5.92 Å². The number of para-hydroxylation sites is 1. The van der Waals surface area contributed by atoms with E-state index in [2.05, 4.69) is 47.6 Å². The Morgan fingerprint density at radius 3 is 2.50 bits per heavy atom. The van der Waals surface area contributed by atoms with E-state index in [1.807, 2.05) is 17.8 Å². The van der Waals surface area contributed by atoms with Crippen molar-refractivity contribution in [3.63, 3.8) is 0 Å². The maximum absolute atomic E-state index is 13.1. The second-order valence-corrected chi connectivity index (χ2v) is 11.3. The number of piperidine rings is 1. The third-order valence-electron chi connectivity index (χ3n) is 6.62. The molecule has 0 radical (unpaired) electrons. The number of rotatable bonds is 10. The van der Waals surface area contributed by atoms with Crippen LogP contribution in [-0.4, -0.2) is 54.9 Å². The second kappa shape index (κ2) is 15.6. The van der Waals surface area contributed by atoms with Crippen molar-refractivity contribution in [2.75, 3.05) is 42.8 Å². The summed E-state index contributed by atoms with van der Waals surface area (Å²) >= 11 is 1.96. The molecule has 1 unspecified atom stereocenters. The molecule has 208 valence electrons. The van der Waals surface area contributed by atoms with Gasteiger partial charge in [0.1, 0.15) is 11.3 Å². The summed E-state index contributed by atoms with van der Waals surface area (Å²) in [4.78, 5) is 26.9. The van der Waals surface area contributed by atoms with Crippen LogP contribution >= 0.6 is 11.8 Å². The van der Waals surface area contributed by atoms with Crippen molar-refractivity contribution in [3.8, 4) is 5.75 Å². The van der Waals surface area contributed by atoms with Gasteiger partial charge in [0, 0.05) is 37.0 Å². The SMILES string of the molecule is C1CSCN1.CCOc1cc(CC(=O)NC(CC(C)C)c2ccccc2N2CCCCC2)ccc1C(=O)O. The third kappa shape index (κ3) is 9.24. The van der Waals surface area contributed by atoms with E-state index in [-0.39, 0.29) is 23.9 Å². The van der Waals surface area contributed by atoms with Crippen molar-refractivity contribution in [2.24, 2.45) is 5.92 Å². The van der Waals surface area contributed by atoms with Crippen LogP contribution in [0.3, 0.4) is 0 Å². The maximum atomic E-state index is 13.1. The number of hydrogen-bond acceptors (Lipinski definition) is 6. The van der Waals surface area contributed by atoms with Gasteiger partial charge in [0.25, 0.3) is 0 Å². The molecule has 2 aromatic carbocycles. The summed E-state index contributed by atoms with van der Waals surface area (Å²) < 4.78 is 5.49. The molecule has 2 fully saturated rings. The van der Waals surface area contributed by atoms with Gasteiger partial charge in [-0.15, -0.1) is 11.8 Å². The molecule has 0 bridgehead atoms. The van der Waals surface area contributed by atoms with E-state index in [9.17, 15) is 14.7 Å². The van der Waals surface area contributed by atoms with Crippen molar-refractivity contribution in [2.45, 2.75) is 58.9 Å². The highest BCUT2D eigenvalue weighted by molar-refractivity contribution is 7.99. The lowest BCUT2D eigenvalue weighted by Gasteiger charge is -2.33. The lowest BCUT2D eigenvalue weighted by atomic mass is 9.94. The summed E-state index contributed by atoms with van der Waals surface area (Å²) in [5.74, 6) is 2.06. The Morgan fingerprint density at radius 2 is 1.89 bits per heavy atom.